The van der Waals surface area contributed by atoms with Gasteiger partial charge in [-0.25, -0.2) is 0 Å². The molecule has 2 fully saturated rings. The number of ether oxygens (including phenoxy) is 1. The van der Waals surface area contributed by atoms with E-state index in [1.165, 1.54) is 51.5 Å². The van der Waals surface area contributed by atoms with E-state index in [4.69, 9.17) is 4.74 Å². The minimum atomic E-state index is 0.514. The van der Waals surface area contributed by atoms with Crippen LogP contribution in [0.5, 0.6) is 0 Å². The Kier molecular flexibility index (Phi) is 4.66. The summed E-state index contributed by atoms with van der Waals surface area (Å²) < 4.78 is 5.92. The molecule has 2 nitrogen and oxygen atoms in total. The molecule has 0 aromatic rings. The topological polar surface area (TPSA) is 21.3 Å². The van der Waals surface area contributed by atoms with Gasteiger partial charge in [0.05, 0.1) is 12.2 Å². The monoisotopic (exact) mass is 225 g/mol. The molecule has 2 aliphatic rings. The Morgan fingerprint density at radius 2 is 2.06 bits per heavy atom. The summed E-state index contributed by atoms with van der Waals surface area (Å²) in [5.74, 6) is 0.921. The van der Waals surface area contributed by atoms with Gasteiger partial charge in [0.15, 0.2) is 0 Å². The summed E-state index contributed by atoms with van der Waals surface area (Å²) in [6.45, 7) is 5.64. The van der Waals surface area contributed by atoms with Crippen molar-refractivity contribution in [1.82, 2.24) is 5.32 Å². The predicted octanol–water partition coefficient (Wildman–Crippen LogP) is 3.11. The average Bonchev–Trinajstić information content (AvgIpc) is 2.86. The van der Waals surface area contributed by atoms with Gasteiger partial charge in [-0.3, -0.25) is 0 Å². The molecular weight excluding hydrogens is 198 g/mol. The summed E-state index contributed by atoms with van der Waals surface area (Å²) in [6.07, 6.45) is 10.4. The van der Waals surface area contributed by atoms with Crippen molar-refractivity contribution in [2.24, 2.45) is 5.92 Å². The summed E-state index contributed by atoms with van der Waals surface area (Å²) in [5.41, 5.74) is 0. The molecule has 2 rings (SSSR count). The van der Waals surface area contributed by atoms with Gasteiger partial charge in [0.25, 0.3) is 0 Å². The van der Waals surface area contributed by atoms with Crippen molar-refractivity contribution >= 4 is 0 Å². The summed E-state index contributed by atoms with van der Waals surface area (Å²) in [5, 5.41) is 3.65. The molecule has 0 radical (unpaired) electrons. The maximum atomic E-state index is 5.92. The van der Waals surface area contributed by atoms with Gasteiger partial charge >= 0.3 is 0 Å². The Morgan fingerprint density at radius 1 is 1.19 bits per heavy atom. The highest BCUT2D eigenvalue weighted by Gasteiger charge is 2.29. The van der Waals surface area contributed by atoms with Gasteiger partial charge in [-0.15, -0.1) is 0 Å². The molecule has 0 bridgehead atoms. The van der Waals surface area contributed by atoms with Crippen LogP contribution in [0.4, 0.5) is 0 Å². The standard InChI is InChI=1S/C14H27NO/c1-3-8-15-13-6-5-12(9-13)10-14-7-4-11(2)16-14/h11-15H,3-10H2,1-2H3. The van der Waals surface area contributed by atoms with Crippen LogP contribution in [0.2, 0.25) is 0 Å². The van der Waals surface area contributed by atoms with Crippen LogP contribution in [0.15, 0.2) is 0 Å². The van der Waals surface area contributed by atoms with Crippen molar-refractivity contribution in [3.63, 3.8) is 0 Å². The summed E-state index contributed by atoms with van der Waals surface area (Å²) in [7, 11) is 0. The number of nitrogens with one attached hydrogen (secondary N) is 1. The van der Waals surface area contributed by atoms with E-state index in [0.29, 0.717) is 12.2 Å². The van der Waals surface area contributed by atoms with Gasteiger partial charge in [-0.1, -0.05) is 6.92 Å². The van der Waals surface area contributed by atoms with E-state index in [0.717, 1.165) is 12.0 Å². The van der Waals surface area contributed by atoms with Gasteiger partial charge in [-0.05, 0) is 64.3 Å². The summed E-state index contributed by atoms with van der Waals surface area (Å²) >= 11 is 0. The molecule has 16 heavy (non-hydrogen) atoms. The normalized spacial score (nSPS) is 39.4. The molecule has 1 N–H and O–H groups in total. The van der Waals surface area contributed by atoms with E-state index in [2.05, 4.69) is 19.2 Å². The maximum absolute atomic E-state index is 5.92. The quantitative estimate of drug-likeness (QED) is 0.776. The zero-order chi connectivity index (χ0) is 11.4. The molecular formula is C14H27NO. The summed E-state index contributed by atoms with van der Waals surface area (Å²) in [6, 6.07) is 0.795. The third-order valence-corrected chi connectivity index (χ3v) is 4.14. The van der Waals surface area contributed by atoms with Gasteiger partial charge in [-0.2, -0.15) is 0 Å². The van der Waals surface area contributed by atoms with Crippen molar-refractivity contribution in [1.29, 1.82) is 0 Å². The molecule has 4 atom stereocenters. The molecule has 94 valence electrons. The van der Waals surface area contributed by atoms with Crippen molar-refractivity contribution < 1.29 is 4.74 Å². The van der Waals surface area contributed by atoms with E-state index in [1.807, 2.05) is 0 Å². The number of hydrogen-bond acceptors (Lipinski definition) is 2. The second kappa shape index (κ2) is 6.02. The largest absolute Gasteiger partial charge is 0.375 e. The molecule has 2 heteroatoms. The molecule has 1 saturated carbocycles. The number of rotatable bonds is 5. The SMILES string of the molecule is CCCNC1CCC(CC2CCC(C)O2)C1. The highest BCUT2D eigenvalue weighted by atomic mass is 16.5. The molecule has 0 amide bonds. The Labute approximate surface area is 100 Å². The highest BCUT2D eigenvalue weighted by molar-refractivity contribution is 4.83. The fourth-order valence-corrected chi connectivity index (χ4v) is 3.25. The molecule has 1 aliphatic carbocycles. The second-order valence-corrected chi connectivity index (χ2v) is 5.71. The zero-order valence-electron chi connectivity index (χ0n) is 10.9. The zero-order valence-corrected chi connectivity index (χ0v) is 10.9. The van der Waals surface area contributed by atoms with E-state index in [-0.39, 0.29) is 0 Å². The predicted molar refractivity (Wildman–Crippen MR) is 67.6 cm³/mol. The molecule has 4 unspecified atom stereocenters. The fraction of sp³-hybridized carbons (Fsp3) is 1.00. The molecule has 1 aliphatic heterocycles. The average molecular weight is 225 g/mol. The Balaban J connectivity index is 1.64. The van der Waals surface area contributed by atoms with E-state index in [9.17, 15) is 0 Å². The van der Waals surface area contributed by atoms with E-state index < -0.39 is 0 Å². The van der Waals surface area contributed by atoms with E-state index >= 15 is 0 Å². The Bertz CT molecular complexity index is 207. The molecule has 0 aromatic carbocycles. The van der Waals surface area contributed by atoms with Gasteiger partial charge < -0.3 is 10.1 Å². The van der Waals surface area contributed by atoms with Crippen molar-refractivity contribution in [3.8, 4) is 0 Å². The van der Waals surface area contributed by atoms with Crippen LogP contribution in [0, 0.1) is 5.92 Å². The Hall–Kier alpha value is -0.0800. The molecule has 0 aromatic heterocycles. The van der Waals surface area contributed by atoms with Gasteiger partial charge in [0.1, 0.15) is 0 Å². The lowest BCUT2D eigenvalue weighted by Crippen LogP contribution is -2.27. The maximum Gasteiger partial charge on any atom is 0.0582 e. The second-order valence-electron chi connectivity index (χ2n) is 5.71. The Morgan fingerprint density at radius 3 is 2.75 bits per heavy atom. The van der Waals surface area contributed by atoms with Crippen LogP contribution in [-0.4, -0.2) is 24.8 Å². The lowest BCUT2D eigenvalue weighted by atomic mass is 9.98. The van der Waals surface area contributed by atoms with Crippen LogP contribution in [0.1, 0.15) is 58.8 Å². The molecule has 1 saturated heterocycles. The first-order chi connectivity index (χ1) is 7.78. The lowest BCUT2D eigenvalue weighted by molar-refractivity contribution is 0.0412. The minimum absolute atomic E-state index is 0.514. The van der Waals surface area contributed by atoms with Crippen LogP contribution >= 0.6 is 0 Å². The highest BCUT2D eigenvalue weighted by Crippen LogP contribution is 2.33. The lowest BCUT2D eigenvalue weighted by Gasteiger charge is -2.17. The molecule has 1 heterocycles. The van der Waals surface area contributed by atoms with Gasteiger partial charge in [0.2, 0.25) is 0 Å². The number of hydrogen-bond donors (Lipinski definition) is 1. The minimum Gasteiger partial charge on any atom is -0.375 e. The van der Waals surface area contributed by atoms with Crippen molar-refractivity contribution in [2.75, 3.05) is 6.54 Å². The van der Waals surface area contributed by atoms with E-state index in [1.54, 1.807) is 0 Å². The smallest absolute Gasteiger partial charge is 0.0582 e. The van der Waals surface area contributed by atoms with Crippen LogP contribution in [-0.2, 0) is 4.74 Å². The molecule has 0 spiro atoms. The first-order valence-corrected chi connectivity index (χ1v) is 7.16. The van der Waals surface area contributed by atoms with Crippen LogP contribution < -0.4 is 5.32 Å². The first-order valence-electron chi connectivity index (χ1n) is 7.16. The van der Waals surface area contributed by atoms with Crippen molar-refractivity contribution in [2.45, 2.75) is 77.0 Å². The first kappa shape index (κ1) is 12.4. The third kappa shape index (κ3) is 3.46. The van der Waals surface area contributed by atoms with Crippen LogP contribution in [0.25, 0.3) is 0 Å². The summed E-state index contributed by atoms with van der Waals surface area (Å²) in [4.78, 5) is 0. The van der Waals surface area contributed by atoms with Gasteiger partial charge in [0, 0.05) is 6.04 Å². The third-order valence-electron chi connectivity index (χ3n) is 4.14. The van der Waals surface area contributed by atoms with Crippen LogP contribution in [0.3, 0.4) is 0 Å². The van der Waals surface area contributed by atoms with Crippen molar-refractivity contribution in [3.05, 3.63) is 0 Å². The fourth-order valence-electron chi connectivity index (χ4n) is 3.25.